The van der Waals surface area contributed by atoms with E-state index < -0.39 is 0 Å². The average molecular weight is 321 g/mol. The first-order valence-electron chi connectivity index (χ1n) is 7.70. The van der Waals surface area contributed by atoms with Crippen LogP contribution in [0.4, 0.5) is 5.69 Å². The zero-order valence-electron chi connectivity index (χ0n) is 13.2. The van der Waals surface area contributed by atoms with E-state index in [-0.39, 0.29) is 5.97 Å². The molecule has 120 valence electrons. The standard InChI is InChI=1S/C16H23N3O2S/c1-3-18-9-11-19(12-10-18)16(22)17-14-8-6-5-7-13(14)15(20)21-4-2/h5-8H,3-4,9-12H2,1-2H3,(H,17,22). The van der Waals surface area contributed by atoms with E-state index in [0.29, 0.717) is 23.0 Å². The molecule has 0 radical (unpaired) electrons. The van der Waals surface area contributed by atoms with Gasteiger partial charge in [0.1, 0.15) is 0 Å². The second-order valence-corrected chi connectivity index (χ2v) is 5.50. The van der Waals surface area contributed by atoms with Crippen molar-refractivity contribution in [3.05, 3.63) is 29.8 Å². The number of rotatable bonds is 4. The third-order valence-corrected chi connectivity index (χ3v) is 4.13. The van der Waals surface area contributed by atoms with E-state index in [1.165, 1.54) is 0 Å². The Hall–Kier alpha value is -1.66. The summed E-state index contributed by atoms with van der Waals surface area (Å²) in [4.78, 5) is 16.5. The zero-order valence-corrected chi connectivity index (χ0v) is 14.0. The third kappa shape index (κ3) is 4.18. The molecule has 5 nitrogen and oxygen atoms in total. The van der Waals surface area contributed by atoms with E-state index in [1.807, 2.05) is 18.2 Å². The number of esters is 1. The van der Waals surface area contributed by atoms with Crippen LogP contribution >= 0.6 is 12.2 Å². The van der Waals surface area contributed by atoms with Gasteiger partial charge in [0.2, 0.25) is 0 Å². The highest BCUT2D eigenvalue weighted by molar-refractivity contribution is 7.80. The first-order valence-corrected chi connectivity index (χ1v) is 8.11. The van der Waals surface area contributed by atoms with Crippen molar-refractivity contribution in [2.24, 2.45) is 0 Å². The Morgan fingerprint density at radius 3 is 2.55 bits per heavy atom. The zero-order chi connectivity index (χ0) is 15.9. The van der Waals surface area contributed by atoms with Crippen LogP contribution in [0.2, 0.25) is 0 Å². The van der Waals surface area contributed by atoms with E-state index in [4.69, 9.17) is 17.0 Å². The highest BCUT2D eigenvalue weighted by atomic mass is 32.1. The summed E-state index contributed by atoms with van der Waals surface area (Å²) < 4.78 is 5.08. The maximum Gasteiger partial charge on any atom is 0.340 e. The van der Waals surface area contributed by atoms with Crippen LogP contribution in [0.15, 0.2) is 24.3 Å². The lowest BCUT2D eigenvalue weighted by molar-refractivity contribution is 0.0527. The Bertz CT molecular complexity index is 528. The van der Waals surface area contributed by atoms with Crippen LogP contribution < -0.4 is 5.32 Å². The summed E-state index contributed by atoms with van der Waals surface area (Å²) in [7, 11) is 0. The van der Waals surface area contributed by atoms with Crippen molar-refractivity contribution in [1.29, 1.82) is 0 Å². The van der Waals surface area contributed by atoms with Gasteiger partial charge in [0, 0.05) is 26.2 Å². The number of para-hydroxylation sites is 1. The molecule has 0 atom stereocenters. The molecule has 2 rings (SSSR count). The molecule has 1 saturated heterocycles. The van der Waals surface area contributed by atoms with Crippen LogP contribution in [0.5, 0.6) is 0 Å². The number of hydrogen-bond donors (Lipinski definition) is 1. The Kier molecular flexibility index (Phi) is 6.15. The Balaban J connectivity index is 2.01. The number of hydrogen-bond acceptors (Lipinski definition) is 4. The fourth-order valence-electron chi connectivity index (χ4n) is 2.44. The van der Waals surface area contributed by atoms with Crippen molar-refractivity contribution in [3.63, 3.8) is 0 Å². The SMILES string of the molecule is CCOC(=O)c1ccccc1NC(=S)N1CCN(CC)CC1. The molecule has 1 N–H and O–H groups in total. The molecule has 1 aliphatic heterocycles. The molecule has 0 saturated carbocycles. The summed E-state index contributed by atoms with van der Waals surface area (Å²) in [5.74, 6) is -0.329. The predicted octanol–water partition coefficient (Wildman–Crippen LogP) is 2.20. The van der Waals surface area contributed by atoms with Crippen molar-refractivity contribution in [3.8, 4) is 0 Å². The van der Waals surface area contributed by atoms with Crippen molar-refractivity contribution in [2.45, 2.75) is 13.8 Å². The highest BCUT2D eigenvalue weighted by Crippen LogP contribution is 2.17. The fourth-order valence-corrected chi connectivity index (χ4v) is 2.73. The number of benzene rings is 1. The van der Waals surface area contributed by atoms with E-state index in [9.17, 15) is 4.79 Å². The van der Waals surface area contributed by atoms with E-state index in [2.05, 4.69) is 22.0 Å². The normalized spacial score (nSPS) is 15.5. The number of thiocarbonyl (C=S) groups is 1. The summed E-state index contributed by atoms with van der Waals surface area (Å²) in [6.45, 7) is 9.22. The largest absolute Gasteiger partial charge is 0.462 e. The molecule has 0 amide bonds. The van der Waals surface area contributed by atoms with Crippen molar-refractivity contribution < 1.29 is 9.53 Å². The van der Waals surface area contributed by atoms with Gasteiger partial charge in [0.05, 0.1) is 17.9 Å². The molecule has 22 heavy (non-hydrogen) atoms. The number of likely N-dealkylation sites (N-methyl/N-ethyl adjacent to an activating group) is 1. The van der Waals surface area contributed by atoms with E-state index in [0.717, 1.165) is 32.7 Å². The lowest BCUT2D eigenvalue weighted by atomic mass is 10.2. The second kappa shape index (κ2) is 8.10. The number of piperazine rings is 1. The first-order chi connectivity index (χ1) is 10.7. The molecule has 0 aliphatic carbocycles. The minimum Gasteiger partial charge on any atom is -0.462 e. The summed E-state index contributed by atoms with van der Waals surface area (Å²) in [5.41, 5.74) is 1.21. The molecule has 6 heteroatoms. The van der Waals surface area contributed by atoms with Crippen LogP contribution in [0.3, 0.4) is 0 Å². The minimum atomic E-state index is -0.329. The molecule has 1 aromatic rings. The van der Waals surface area contributed by atoms with Gasteiger partial charge < -0.3 is 19.9 Å². The topological polar surface area (TPSA) is 44.8 Å². The van der Waals surface area contributed by atoms with Crippen LogP contribution in [-0.4, -0.2) is 60.2 Å². The molecule has 0 bridgehead atoms. The van der Waals surface area contributed by atoms with Crippen LogP contribution in [0, 0.1) is 0 Å². The molecule has 1 fully saturated rings. The molecule has 0 aromatic heterocycles. The van der Waals surface area contributed by atoms with Crippen LogP contribution in [-0.2, 0) is 4.74 Å². The van der Waals surface area contributed by atoms with E-state index >= 15 is 0 Å². The quantitative estimate of drug-likeness (QED) is 0.677. The molecule has 0 unspecified atom stereocenters. The summed E-state index contributed by atoms with van der Waals surface area (Å²) in [6.07, 6.45) is 0. The van der Waals surface area contributed by atoms with E-state index in [1.54, 1.807) is 13.0 Å². The Labute approximate surface area is 137 Å². The lowest BCUT2D eigenvalue weighted by Gasteiger charge is -2.35. The average Bonchev–Trinajstić information content (AvgIpc) is 2.55. The number of carbonyl (C=O) groups is 1. The number of nitrogens with one attached hydrogen (secondary N) is 1. The van der Waals surface area contributed by atoms with Crippen molar-refractivity contribution in [2.75, 3.05) is 44.6 Å². The number of carbonyl (C=O) groups excluding carboxylic acids is 1. The Morgan fingerprint density at radius 2 is 1.91 bits per heavy atom. The van der Waals surface area contributed by atoms with Gasteiger partial charge in [-0.25, -0.2) is 4.79 Å². The molecule has 1 aromatic carbocycles. The maximum atomic E-state index is 12.0. The van der Waals surface area contributed by atoms with Gasteiger partial charge in [-0.2, -0.15) is 0 Å². The van der Waals surface area contributed by atoms with Gasteiger partial charge in [-0.15, -0.1) is 0 Å². The van der Waals surface area contributed by atoms with Crippen molar-refractivity contribution in [1.82, 2.24) is 9.80 Å². The van der Waals surface area contributed by atoms with Gasteiger partial charge in [0.15, 0.2) is 5.11 Å². The molecule has 1 heterocycles. The fraction of sp³-hybridized carbons (Fsp3) is 0.500. The maximum absolute atomic E-state index is 12.0. The molecular weight excluding hydrogens is 298 g/mol. The van der Waals surface area contributed by atoms with Crippen LogP contribution in [0.25, 0.3) is 0 Å². The van der Waals surface area contributed by atoms with Gasteiger partial charge in [0.25, 0.3) is 0 Å². The molecule has 1 aliphatic rings. The predicted molar refractivity (Wildman–Crippen MR) is 92.3 cm³/mol. The summed E-state index contributed by atoms with van der Waals surface area (Å²) in [6, 6.07) is 7.29. The van der Waals surface area contributed by atoms with Gasteiger partial charge in [-0.1, -0.05) is 19.1 Å². The smallest absolute Gasteiger partial charge is 0.340 e. The monoisotopic (exact) mass is 321 g/mol. The highest BCUT2D eigenvalue weighted by Gasteiger charge is 2.19. The first kappa shape index (κ1) is 16.7. The number of anilines is 1. The number of nitrogens with zero attached hydrogens (tertiary/aromatic N) is 2. The summed E-state index contributed by atoms with van der Waals surface area (Å²) in [5, 5.41) is 3.85. The van der Waals surface area contributed by atoms with Gasteiger partial charge >= 0.3 is 5.97 Å². The van der Waals surface area contributed by atoms with Crippen molar-refractivity contribution >= 4 is 29.0 Å². The lowest BCUT2D eigenvalue weighted by Crippen LogP contribution is -2.49. The van der Waals surface area contributed by atoms with Crippen LogP contribution in [0.1, 0.15) is 24.2 Å². The third-order valence-electron chi connectivity index (χ3n) is 3.77. The minimum absolute atomic E-state index is 0.329. The molecule has 0 spiro atoms. The summed E-state index contributed by atoms with van der Waals surface area (Å²) >= 11 is 5.49. The molecular formula is C16H23N3O2S. The Morgan fingerprint density at radius 1 is 1.23 bits per heavy atom. The van der Waals surface area contributed by atoms with Gasteiger partial charge in [-0.05, 0) is 37.8 Å². The van der Waals surface area contributed by atoms with Gasteiger partial charge in [-0.3, -0.25) is 0 Å². The second-order valence-electron chi connectivity index (χ2n) is 5.12. The number of ether oxygens (including phenoxy) is 1.